The van der Waals surface area contributed by atoms with E-state index in [1.54, 1.807) is 19.1 Å². The number of carbonyl (C=O) groups is 2. The van der Waals surface area contributed by atoms with Gasteiger partial charge in [0.05, 0.1) is 6.61 Å². The lowest BCUT2D eigenvalue weighted by Gasteiger charge is -2.13. The van der Waals surface area contributed by atoms with Crippen LogP contribution in [0.3, 0.4) is 0 Å². The Hall–Kier alpha value is -2.34. The molecule has 0 aliphatic carbocycles. The van der Waals surface area contributed by atoms with Crippen LogP contribution in [0.5, 0.6) is 5.75 Å². The molecule has 0 aromatic heterocycles. The third kappa shape index (κ3) is 6.97. The zero-order valence-corrected chi connectivity index (χ0v) is 15.5. The highest BCUT2D eigenvalue weighted by atomic mass is 79.9. The number of hydrogen-bond acceptors (Lipinski definition) is 4. The number of benzene rings is 2. The van der Waals surface area contributed by atoms with Gasteiger partial charge in [0.2, 0.25) is 0 Å². The van der Waals surface area contributed by atoms with Crippen molar-refractivity contribution in [2.75, 3.05) is 11.9 Å². The molecule has 1 amide bonds. The maximum Gasteiger partial charge on any atom is 0.306 e. The molecule has 0 saturated heterocycles. The van der Waals surface area contributed by atoms with E-state index in [-0.39, 0.29) is 12.3 Å². The monoisotopic (exact) mass is 405 g/mol. The molecule has 1 atom stereocenters. The summed E-state index contributed by atoms with van der Waals surface area (Å²) >= 11 is 3.33. The predicted molar refractivity (Wildman–Crippen MR) is 99.5 cm³/mol. The first kappa shape index (κ1) is 19.0. The fourth-order valence-electron chi connectivity index (χ4n) is 2.01. The Balaban J connectivity index is 1.66. The Kier molecular flexibility index (Phi) is 7.47. The Morgan fingerprint density at radius 2 is 1.76 bits per heavy atom. The Morgan fingerprint density at radius 1 is 1.08 bits per heavy atom. The maximum atomic E-state index is 12.0. The van der Waals surface area contributed by atoms with Crippen LogP contribution in [0.2, 0.25) is 0 Å². The van der Waals surface area contributed by atoms with E-state index in [4.69, 9.17) is 9.47 Å². The largest absolute Gasteiger partial charge is 0.494 e. The summed E-state index contributed by atoms with van der Waals surface area (Å²) in [4.78, 5) is 23.8. The zero-order chi connectivity index (χ0) is 18.1. The molecule has 0 fully saturated rings. The highest BCUT2D eigenvalue weighted by molar-refractivity contribution is 9.10. The van der Waals surface area contributed by atoms with Gasteiger partial charge in [-0.2, -0.15) is 0 Å². The molecule has 0 saturated carbocycles. The highest BCUT2D eigenvalue weighted by Crippen LogP contribution is 2.14. The van der Waals surface area contributed by atoms with E-state index in [9.17, 15) is 9.59 Å². The standard InChI is InChI=1S/C19H20BrNO4/c1-14(19(23)21-16-11-9-15(20)10-12-16)25-18(22)8-5-13-24-17-6-3-2-4-7-17/h2-4,6-7,9-12,14H,5,8,13H2,1H3,(H,21,23)/t14-/m0/s1. The molecule has 25 heavy (non-hydrogen) atoms. The fourth-order valence-corrected chi connectivity index (χ4v) is 2.27. The first-order valence-electron chi connectivity index (χ1n) is 7.98. The van der Waals surface area contributed by atoms with Crippen molar-refractivity contribution >= 4 is 33.5 Å². The summed E-state index contributed by atoms with van der Waals surface area (Å²) in [6.07, 6.45) is -0.136. The molecular formula is C19H20BrNO4. The Morgan fingerprint density at radius 3 is 2.44 bits per heavy atom. The van der Waals surface area contributed by atoms with Gasteiger partial charge in [-0.25, -0.2) is 0 Å². The number of anilines is 1. The normalized spacial score (nSPS) is 11.4. The first-order chi connectivity index (χ1) is 12.0. The van der Waals surface area contributed by atoms with Crippen molar-refractivity contribution in [3.63, 3.8) is 0 Å². The van der Waals surface area contributed by atoms with Gasteiger partial charge in [0.25, 0.3) is 5.91 Å². The summed E-state index contributed by atoms with van der Waals surface area (Å²) in [6, 6.07) is 16.5. The van der Waals surface area contributed by atoms with Crippen LogP contribution in [0, 0.1) is 0 Å². The predicted octanol–water partition coefficient (Wildman–Crippen LogP) is 4.18. The molecular weight excluding hydrogens is 386 g/mol. The lowest BCUT2D eigenvalue weighted by Crippen LogP contribution is -2.30. The fraction of sp³-hybridized carbons (Fsp3) is 0.263. The first-order valence-corrected chi connectivity index (χ1v) is 8.77. The molecule has 5 nitrogen and oxygen atoms in total. The molecule has 0 aliphatic heterocycles. The minimum absolute atomic E-state index is 0.197. The third-order valence-corrected chi connectivity index (χ3v) is 3.86. The molecule has 2 aromatic rings. The summed E-state index contributed by atoms with van der Waals surface area (Å²) in [5.41, 5.74) is 0.646. The minimum Gasteiger partial charge on any atom is -0.494 e. The van der Waals surface area contributed by atoms with Crippen LogP contribution in [-0.4, -0.2) is 24.6 Å². The summed E-state index contributed by atoms with van der Waals surface area (Å²) in [5, 5.41) is 2.70. The molecule has 0 spiro atoms. The van der Waals surface area contributed by atoms with E-state index in [1.165, 1.54) is 0 Å². The minimum atomic E-state index is -0.855. The van der Waals surface area contributed by atoms with Crippen molar-refractivity contribution < 1.29 is 19.1 Å². The number of amides is 1. The summed E-state index contributed by atoms with van der Waals surface area (Å²) < 4.78 is 11.6. The molecule has 2 aromatic carbocycles. The van der Waals surface area contributed by atoms with Gasteiger partial charge in [-0.1, -0.05) is 34.1 Å². The van der Waals surface area contributed by atoms with Gasteiger partial charge >= 0.3 is 5.97 Å². The Labute approximate surface area is 155 Å². The van der Waals surface area contributed by atoms with Gasteiger partial charge in [-0.15, -0.1) is 0 Å². The van der Waals surface area contributed by atoms with E-state index in [2.05, 4.69) is 21.2 Å². The van der Waals surface area contributed by atoms with Crippen LogP contribution in [0.1, 0.15) is 19.8 Å². The van der Waals surface area contributed by atoms with Gasteiger partial charge in [-0.3, -0.25) is 9.59 Å². The van der Waals surface area contributed by atoms with E-state index in [0.29, 0.717) is 18.7 Å². The molecule has 0 radical (unpaired) electrons. The van der Waals surface area contributed by atoms with Crippen LogP contribution in [0.15, 0.2) is 59.1 Å². The van der Waals surface area contributed by atoms with Crippen molar-refractivity contribution in [2.24, 2.45) is 0 Å². The molecule has 132 valence electrons. The van der Waals surface area contributed by atoms with Crippen LogP contribution in [-0.2, 0) is 14.3 Å². The SMILES string of the molecule is C[C@H](OC(=O)CCCOc1ccccc1)C(=O)Nc1ccc(Br)cc1. The van der Waals surface area contributed by atoms with Gasteiger partial charge in [0.1, 0.15) is 5.75 Å². The smallest absolute Gasteiger partial charge is 0.306 e. The van der Waals surface area contributed by atoms with Crippen LogP contribution >= 0.6 is 15.9 Å². The number of carbonyl (C=O) groups excluding carboxylic acids is 2. The second-order valence-corrected chi connectivity index (χ2v) is 6.31. The molecule has 1 N–H and O–H groups in total. The summed E-state index contributed by atoms with van der Waals surface area (Å²) in [7, 11) is 0. The quantitative estimate of drug-likeness (QED) is 0.528. The number of hydrogen-bond donors (Lipinski definition) is 1. The molecule has 6 heteroatoms. The Bertz CT molecular complexity index is 688. The van der Waals surface area contributed by atoms with Gasteiger partial charge in [-0.05, 0) is 49.7 Å². The zero-order valence-electron chi connectivity index (χ0n) is 13.9. The lowest BCUT2D eigenvalue weighted by atomic mass is 10.3. The molecule has 0 aliphatic rings. The maximum absolute atomic E-state index is 12.0. The lowest BCUT2D eigenvalue weighted by molar-refractivity contribution is -0.153. The number of halogens is 1. The average molecular weight is 406 g/mol. The number of esters is 1. The number of nitrogens with one attached hydrogen (secondary N) is 1. The third-order valence-electron chi connectivity index (χ3n) is 3.33. The molecule has 0 heterocycles. The second-order valence-electron chi connectivity index (χ2n) is 5.39. The average Bonchev–Trinajstić information content (AvgIpc) is 2.61. The van der Waals surface area contributed by atoms with Crippen molar-refractivity contribution in [3.05, 3.63) is 59.1 Å². The molecule has 2 rings (SSSR count). The van der Waals surface area contributed by atoms with Crippen molar-refractivity contribution in [1.82, 2.24) is 0 Å². The van der Waals surface area contributed by atoms with Crippen molar-refractivity contribution in [2.45, 2.75) is 25.9 Å². The highest BCUT2D eigenvalue weighted by Gasteiger charge is 2.17. The van der Waals surface area contributed by atoms with Crippen molar-refractivity contribution in [3.8, 4) is 5.75 Å². The van der Waals surface area contributed by atoms with Gasteiger partial charge < -0.3 is 14.8 Å². The van der Waals surface area contributed by atoms with Gasteiger partial charge in [0, 0.05) is 16.6 Å². The number of ether oxygens (including phenoxy) is 2. The molecule has 0 bridgehead atoms. The van der Waals surface area contributed by atoms with Crippen LogP contribution < -0.4 is 10.1 Å². The van der Waals surface area contributed by atoms with Crippen LogP contribution in [0.4, 0.5) is 5.69 Å². The summed E-state index contributed by atoms with van der Waals surface area (Å²) in [6.45, 7) is 1.96. The second kappa shape index (κ2) is 9.84. The van der Waals surface area contributed by atoms with E-state index in [1.807, 2.05) is 42.5 Å². The van der Waals surface area contributed by atoms with Gasteiger partial charge in [0.15, 0.2) is 6.10 Å². The van der Waals surface area contributed by atoms with Crippen LogP contribution in [0.25, 0.3) is 0 Å². The van der Waals surface area contributed by atoms with E-state index >= 15 is 0 Å². The van der Waals surface area contributed by atoms with Crippen molar-refractivity contribution in [1.29, 1.82) is 0 Å². The van der Waals surface area contributed by atoms with E-state index < -0.39 is 12.1 Å². The summed E-state index contributed by atoms with van der Waals surface area (Å²) in [5.74, 6) is -0.0237. The number of rotatable bonds is 8. The topological polar surface area (TPSA) is 64.6 Å². The molecule has 0 unspecified atom stereocenters. The number of para-hydroxylation sites is 1. The van der Waals surface area contributed by atoms with E-state index in [0.717, 1.165) is 10.2 Å².